The lowest BCUT2D eigenvalue weighted by molar-refractivity contribution is 0.102. The van der Waals surface area contributed by atoms with E-state index in [0.717, 1.165) is 10.6 Å². The monoisotopic (exact) mass is 345 g/mol. The number of hydrogen-bond acceptors (Lipinski definition) is 4. The number of methoxy groups -OCH3 is 1. The fraction of sp³-hybridized carbons (Fsp3) is 0.316. The normalized spacial score (nSPS) is 10.5. The predicted molar refractivity (Wildman–Crippen MR) is 99.5 cm³/mol. The summed E-state index contributed by atoms with van der Waals surface area (Å²) in [4.78, 5) is 13.5. The molecule has 4 nitrogen and oxygen atoms in total. The van der Waals surface area contributed by atoms with E-state index in [1.807, 2.05) is 30.5 Å². The maximum Gasteiger partial charge on any atom is 0.255 e. The van der Waals surface area contributed by atoms with Crippen LogP contribution in [0.3, 0.4) is 0 Å². The molecule has 0 aliphatic heterocycles. The SMILES string of the molecule is COc1cc(C(=O)Nc2ccccc2SC)ccc1OCC(C)C. The van der Waals surface area contributed by atoms with E-state index in [9.17, 15) is 4.79 Å². The van der Waals surface area contributed by atoms with Crippen molar-refractivity contribution in [3.8, 4) is 11.5 Å². The van der Waals surface area contributed by atoms with Crippen LogP contribution in [0.5, 0.6) is 11.5 Å². The fourth-order valence-electron chi connectivity index (χ4n) is 2.13. The maximum absolute atomic E-state index is 12.5. The molecule has 0 unspecified atom stereocenters. The quantitative estimate of drug-likeness (QED) is 0.739. The van der Waals surface area contributed by atoms with Gasteiger partial charge in [0.2, 0.25) is 0 Å². The standard InChI is InChI=1S/C19H23NO3S/c1-13(2)12-23-16-10-9-14(11-17(16)22-3)19(21)20-15-7-5-6-8-18(15)24-4/h5-11,13H,12H2,1-4H3,(H,20,21). The Morgan fingerprint density at radius 1 is 1.17 bits per heavy atom. The van der Waals surface area contributed by atoms with Crippen LogP contribution in [0.2, 0.25) is 0 Å². The van der Waals surface area contributed by atoms with Gasteiger partial charge in [0.05, 0.1) is 19.4 Å². The minimum Gasteiger partial charge on any atom is -0.493 e. The van der Waals surface area contributed by atoms with Crippen LogP contribution in [0.15, 0.2) is 47.4 Å². The first-order valence-corrected chi connectivity index (χ1v) is 9.02. The molecule has 0 aliphatic carbocycles. The second-order valence-electron chi connectivity index (χ2n) is 5.72. The van der Waals surface area contributed by atoms with E-state index in [0.29, 0.717) is 29.6 Å². The van der Waals surface area contributed by atoms with Crippen molar-refractivity contribution in [2.45, 2.75) is 18.7 Å². The Bertz CT molecular complexity index is 701. The van der Waals surface area contributed by atoms with Crippen LogP contribution in [-0.4, -0.2) is 25.9 Å². The van der Waals surface area contributed by atoms with Gasteiger partial charge in [-0.3, -0.25) is 4.79 Å². The highest BCUT2D eigenvalue weighted by Crippen LogP contribution is 2.30. The van der Waals surface area contributed by atoms with Crippen molar-refractivity contribution < 1.29 is 14.3 Å². The van der Waals surface area contributed by atoms with Gasteiger partial charge in [-0.25, -0.2) is 0 Å². The largest absolute Gasteiger partial charge is 0.493 e. The van der Waals surface area contributed by atoms with E-state index < -0.39 is 0 Å². The number of hydrogen-bond donors (Lipinski definition) is 1. The molecule has 1 N–H and O–H groups in total. The van der Waals surface area contributed by atoms with E-state index in [1.54, 1.807) is 37.1 Å². The predicted octanol–water partition coefficient (Wildman–Crippen LogP) is 4.70. The molecular formula is C19H23NO3S. The second-order valence-corrected chi connectivity index (χ2v) is 6.57. The third kappa shape index (κ3) is 4.68. The molecule has 0 bridgehead atoms. The molecule has 0 spiro atoms. The number of para-hydroxylation sites is 1. The average molecular weight is 345 g/mol. The highest BCUT2D eigenvalue weighted by molar-refractivity contribution is 7.98. The minimum atomic E-state index is -0.176. The van der Waals surface area contributed by atoms with Gasteiger partial charge in [0.15, 0.2) is 11.5 Å². The van der Waals surface area contributed by atoms with E-state index in [2.05, 4.69) is 19.2 Å². The molecule has 2 aromatic rings. The molecule has 24 heavy (non-hydrogen) atoms. The van der Waals surface area contributed by atoms with Gasteiger partial charge in [0, 0.05) is 10.5 Å². The van der Waals surface area contributed by atoms with Gasteiger partial charge in [-0.1, -0.05) is 26.0 Å². The Morgan fingerprint density at radius 3 is 2.58 bits per heavy atom. The first-order chi connectivity index (χ1) is 11.5. The Labute approximate surface area is 147 Å². The summed E-state index contributed by atoms with van der Waals surface area (Å²) in [5.41, 5.74) is 1.33. The fourth-order valence-corrected chi connectivity index (χ4v) is 2.68. The summed E-state index contributed by atoms with van der Waals surface area (Å²) in [5, 5.41) is 2.94. The molecule has 0 heterocycles. The zero-order valence-electron chi connectivity index (χ0n) is 14.5. The highest BCUT2D eigenvalue weighted by Gasteiger charge is 2.13. The third-order valence-electron chi connectivity index (χ3n) is 3.35. The van der Waals surface area contributed by atoms with Crippen molar-refractivity contribution in [3.05, 3.63) is 48.0 Å². The lowest BCUT2D eigenvalue weighted by Crippen LogP contribution is -2.13. The van der Waals surface area contributed by atoms with Crippen molar-refractivity contribution in [2.24, 2.45) is 5.92 Å². The number of amides is 1. The molecule has 0 aliphatic rings. The Morgan fingerprint density at radius 2 is 1.92 bits per heavy atom. The van der Waals surface area contributed by atoms with Gasteiger partial charge in [0.1, 0.15) is 0 Å². The zero-order valence-corrected chi connectivity index (χ0v) is 15.3. The number of carbonyl (C=O) groups excluding carboxylic acids is 1. The average Bonchev–Trinajstić information content (AvgIpc) is 2.60. The van der Waals surface area contributed by atoms with Crippen molar-refractivity contribution in [1.29, 1.82) is 0 Å². The highest BCUT2D eigenvalue weighted by atomic mass is 32.2. The molecule has 0 aromatic heterocycles. The summed E-state index contributed by atoms with van der Waals surface area (Å²) in [5.74, 6) is 1.44. The third-order valence-corrected chi connectivity index (χ3v) is 4.15. The van der Waals surface area contributed by atoms with E-state index in [4.69, 9.17) is 9.47 Å². The number of nitrogens with one attached hydrogen (secondary N) is 1. The van der Waals surface area contributed by atoms with Crippen molar-refractivity contribution in [2.75, 3.05) is 25.3 Å². The van der Waals surface area contributed by atoms with Crippen LogP contribution in [-0.2, 0) is 0 Å². The summed E-state index contributed by atoms with van der Waals surface area (Å²) in [6.45, 7) is 4.76. The summed E-state index contributed by atoms with van der Waals surface area (Å²) in [7, 11) is 1.57. The molecule has 0 saturated heterocycles. The summed E-state index contributed by atoms with van der Waals surface area (Å²) in [6.07, 6.45) is 1.98. The van der Waals surface area contributed by atoms with Crippen molar-refractivity contribution in [1.82, 2.24) is 0 Å². The molecule has 1 amide bonds. The van der Waals surface area contributed by atoms with Gasteiger partial charge in [0.25, 0.3) is 5.91 Å². The first kappa shape index (κ1) is 18.2. The van der Waals surface area contributed by atoms with Crippen LogP contribution in [0, 0.1) is 5.92 Å². The summed E-state index contributed by atoms with van der Waals surface area (Å²) >= 11 is 1.59. The van der Waals surface area contributed by atoms with E-state index in [1.165, 1.54) is 0 Å². The molecule has 2 rings (SSSR count). The number of carbonyl (C=O) groups is 1. The van der Waals surface area contributed by atoms with Crippen LogP contribution in [0.25, 0.3) is 0 Å². The molecule has 2 aromatic carbocycles. The van der Waals surface area contributed by atoms with Crippen molar-refractivity contribution >= 4 is 23.4 Å². The van der Waals surface area contributed by atoms with Gasteiger partial charge in [-0.2, -0.15) is 0 Å². The Hall–Kier alpha value is -2.14. The Kier molecular flexibility index (Phi) is 6.55. The molecule has 5 heteroatoms. The zero-order chi connectivity index (χ0) is 17.5. The summed E-state index contributed by atoms with van der Waals surface area (Å²) < 4.78 is 11.1. The van der Waals surface area contributed by atoms with Gasteiger partial charge < -0.3 is 14.8 Å². The number of rotatable bonds is 7. The van der Waals surface area contributed by atoms with Crippen LogP contribution >= 0.6 is 11.8 Å². The van der Waals surface area contributed by atoms with Crippen LogP contribution in [0.1, 0.15) is 24.2 Å². The number of benzene rings is 2. The van der Waals surface area contributed by atoms with E-state index in [-0.39, 0.29) is 5.91 Å². The smallest absolute Gasteiger partial charge is 0.255 e. The maximum atomic E-state index is 12.5. The molecular weight excluding hydrogens is 322 g/mol. The van der Waals surface area contributed by atoms with Gasteiger partial charge in [-0.15, -0.1) is 11.8 Å². The van der Waals surface area contributed by atoms with Gasteiger partial charge in [-0.05, 0) is 42.5 Å². The molecule has 0 saturated carbocycles. The Balaban J connectivity index is 2.17. The molecule has 0 fully saturated rings. The first-order valence-electron chi connectivity index (χ1n) is 7.80. The van der Waals surface area contributed by atoms with Gasteiger partial charge >= 0.3 is 0 Å². The van der Waals surface area contributed by atoms with Crippen LogP contribution < -0.4 is 14.8 Å². The molecule has 0 atom stereocenters. The lowest BCUT2D eigenvalue weighted by Gasteiger charge is -2.14. The number of thioether (sulfide) groups is 1. The minimum absolute atomic E-state index is 0.176. The van der Waals surface area contributed by atoms with E-state index >= 15 is 0 Å². The molecule has 128 valence electrons. The second kappa shape index (κ2) is 8.64. The summed E-state index contributed by atoms with van der Waals surface area (Å²) in [6, 6.07) is 12.9. The molecule has 0 radical (unpaired) electrons. The lowest BCUT2D eigenvalue weighted by atomic mass is 10.1. The topological polar surface area (TPSA) is 47.6 Å². The van der Waals surface area contributed by atoms with Crippen LogP contribution in [0.4, 0.5) is 5.69 Å². The van der Waals surface area contributed by atoms with Crippen molar-refractivity contribution in [3.63, 3.8) is 0 Å². The number of ether oxygens (including phenoxy) is 2. The number of anilines is 1.